The molecular formula is C33H33Cl2N3O4. The van der Waals surface area contributed by atoms with Gasteiger partial charge >= 0.3 is 0 Å². The highest BCUT2D eigenvalue weighted by molar-refractivity contribution is 6.35. The number of hydrogen-bond donors (Lipinski definition) is 2. The van der Waals surface area contributed by atoms with Gasteiger partial charge in [-0.1, -0.05) is 90.8 Å². The van der Waals surface area contributed by atoms with Gasteiger partial charge in [0.05, 0.1) is 24.5 Å². The summed E-state index contributed by atoms with van der Waals surface area (Å²) in [5.74, 6) is 0.481. The number of rotatable bonds is 14. The zero-order chi connectivity index (χ0) is 29.7. The second kappa shape index (κ2) is 15.8. The van der Waals surface area contributed by atoms with Crippen LogP contribution in [0, 0.1) is 0 Å². The molecule has 4 aromatic carbocycles. The molecule has 0 radical (unpaired) electrons. The lowest BCUT2D eigenvalue weighted by Crippen LogP contribution is -2.46. The lowest BCUT2D eigenvalue weighted by Gasteiger charge is -2.17. The average molecular weight is 607 g/mol. The molecule has 0 saturated carbocycles. The van der Waals surface area contributed by atoms with Gasteiger partial charge < -0.3 is 14.8 Å². The lowest BCUT2D eigenvalue weighted by molar-refractivity contribution is -0.129. The third-order valence-corrected chi connectivity index (χ3v) is 6.93. The van der Waals surface area contributed by atoms with Gasteiger partial charge in [-0.2, -0.15) is 5.10 Å². The quantitative estimate of drug-likeness (QED) is 0.0922. The first-order chi connectivity index (χ1) is 20.4. The predicted octanol–water partition coefficient (Wildman–Crippen LogP) is 6.97. The summed E-state index contributed by atoms with van der Waals surface area (Å²) in [6.07, 6.45) is 3.36. The molecule has 0 unspecified atom stereocenters. The number of carbonyl (C=O) groups excluding carboxylic acids is 2. The molecule has 0 saturated heterocycles. The van der Waals surface area contributed by atoms with Crippen molar-refractivity contribution in [2.45, 2.75) is 38.6 Å². The van der Waals surface area contributed by atoms with Gasteiger partial charge in [0, 0.05) is 23.4 Å². The van der Waals surface area contributed by atoms with Crippen LogP contribution in [0.2, 0.25) is 10.0 Å². The highest BCUT2D eigenvalue weighted by Gasteiger charge is 2.21. The third-order valence-electron chi connectivity index (χ3n) is 6.39. The maximum Gasteiger partial charge on any atom is 0.262 e. The van der Waals surface area contributed by atoms with E-state index < -0.39 is 11.9 Å². The largest absolute Gasteiger partial charge is 0.493 e. The van der Waals surface area contributed by atoms with Gasteiger partial charge in [0.25, 0.3) is 5.91 Å². The van der Waals surface area contributed by atoms with E-state index in [1.54, 1.807) is 24.4 Å². The average Bonchev–Trinajstić information content (AvgIpc) is 2.99. The number of nitrogens with one attached hydrogen (secondary N) is 2. The second-order valence-corrected chi connectivity index (χ2v) is 10.5. The smallest absolute Gasteiger partial charge is 0.262 e. The van der Waals surface area contributed by atoms with Crippen LogP contribution in [0.5, 0.6) is 11.5 Å². The molecule has 4 rings (SSSR count). The molecule has 0 aliphatic carbocycles. The molecule has 0 fully saturated rings. The van der Waals surface area contributed by atoms with Crippen molar-refractivity contribution in [2.75, 3.05) is 13.2 Å². The molecule has 0 aromatic heterocycles. The Kier molecular flexibility index (Phi) is 11.6. The molecule has 4 aromatic rings. The Morgan fingerprint density at radius 3 is 2.43 bits per heavy atom. The summed E-state index contributed by atoms with van der Waals surface area (Å²) in [4.78, 5) is 26.1. The minimum Gasteiger partial charge on any atom is -0.493 e. The Labute approximate surface area is 255 Å². The van der Waals surface area contributed by atoms with Gasteiger partial charge in [-0.15, -0.1) is 0 Å². The number of amides is 2. The van der Waals surface area contributed by atoms with Gasteiger partial charge in [0.15, 0.2) is 0 Å². The zero-order valence-corrected chi connectivity index (χ0v) is 24.8. The fourth-order valence-corrected chi connectivity index (χ4v) is 4.78. The Balaban J connectivity index is 1.40. The summed E-state index contributed by atoms with van der Waals surface area (Å²) in [5.41, 5.74) is 4.29. The van der Waals surface area contributed by atoms with Crippen LogP contribution in [-0.2, 0) is 16.0 Å². The number of ether oxygens (including phenoxy) is 2. The first-order valence-corrected chi connectivity index (χ1v) is 14.6. The van der Waals surface area contributed by atoms with Crippen LogP contribution < -0.4 is 20.2 Å². The molecule has 0 spiro atoms. The van der Waals surface area contributed by atoms with Crippen molar-refractivity contribution in [2.24, 2.45) is 5.10 Å². The SMILES string of the molecule is CCCOc1ccc2ccccc2c1/C=N\NC(=O)[C@@H](Cc1ccccc1)NC(=O)CCCOc1ccc(Cl)cc1Cl. The number of hydrazone groups is 1. The standard InChI is InChI=1S/C33H33Cl2N3O4/c1-2-18-41-30-16-14-24-11-6-7-12-26(24)27(30)22-36-38-33(40)29(20-23-9-4-3-5-10-23)37-32(39)13-8-19-42-31-17-15-25(34)21-28(31)35/h3-7,9-12,14-17,21-22,29H,2,8,13,18-20H2,1H3,(H,37,39)(H,38,40)/b36-22-/t29-/m1/s1. The molecule has 2 amide bonds. The fraction of sp³-hybridized carbons (Fsp3) is 0.242. The van der Waals surface area contributed by atoms with E-state index in [9.17, 15) is 9.59 Å². The molecule has 218 valence electrons. The summed E-state index contributed by atoms with van der Waals surface area (Å²) in [6, 6.07) is 25.5. The molecule has 0 aliphatic rings. The first kappa shape index (κ1) is 30.9. The summed E-state index contributed by atoms with van der Waals surface area (Å²) in [7, 11) is 0. The summed E-state index contributed by atoms with van der Waals surface area (Å²) in [5, 5.41) is 10.0. The first-order valence-electron chi connectivity index (χ1n) is 13.8. The van der Waals surface area contributed by atoms with Crippen molar-refractivity contribution in [1.29, 1.82) is 0 Å². The van der Waals surface area contributed by atoms with Gasteiger partial charge in [0.2, 0.25) is 5.91 Å². The number of carbonyl (C=O) groups is 2. The molecular weight excluding hydrogens is 573 g/mol. The van der Waals surface area contributed by atoms with Crippen LogP contribution in [0.15, 0.2) is 90.0 Å². The van der Waals surface area contributed by atoms with Crippen molar-refractivity contribution in [3.05, 3.63) is 106 Å². The van der Waals surface area contributed by atoms with Gasteiger partial charge in [-0.05, 0) is 53.4 Å². The number of halogens is 2. The molecule has 9 heteroatoms. The van der Waals surface area contributed by atoms with Gasteiger partial charge in [0.1, 0.15) is 17.5 Å². The molecule has 0 aliphatic heterocycles. The molecule has 0 bridgehead atoms. The number of hydrogen-bond acceptors (Lipinski definition) is 5. The van der Waals surface area contributed by atoms with Gasteiger partial charge in [-0.25, -0.2) is 5.43 Å². The van der Waals surface area contributed by atoms with Crippen molar-refractivity contribution in [3.8, 4) is 11.5 Å². The topological polar surface area (TPSA) is 89.0 Å². The lowest BCUT2D eigenvalue weighted by atomic mass is 10.0. The third kappa shape index (κ3) is 8.96. The van der Waals surface area contributed by atoms with Crippen LogP contribution in [0.25, 0.3) is 10.8 Å². The van der Waals surface area contributed by atoms with E-state index in [1.165, 1.54) is 0 Å². The Bertz CT molecular complexity index is 1530. The molecule has 42 heavy (non-hydrogen) atoms. The molecule has 7 nitrogen and oxygen atoms in total. The Hall–Kier alpha value is -4.07. The highest BCUT2D eigenvalue weighted by atomic mass is 35.5. The Morgan fingerprint density at radius 2 is 1.64 bits per heavy atom. The predicted molar refractivity (Wildman–Crippen MR) is 169 cm³/mol. The fourth-order valence-electron chi connectivity index (χ4n) is 4.32. The summed E-state index contributed by atoms with van der Waals surface area (Å²) < 4.78 is 11.6. The minimum absolute atomic E-state index is 0.168. The van der Waals surface area contributed by atoms with Gasteiger partial charge in [-0.3, -0.25) is 9.59 Å². The van der Waals surface area contributed by atoms with Crippen molar-refractivity contribution < 1.29 is 19.1 Å². The number of nitrogens with zero attached hydrogens (tertiary/aromatic N) is 1. The van der Waals surface area contributed by atoms with E-state index in [1.807, 2.05) is 73.7 Å². The van der Waals surface area contributed by atoms with E-state index in [-0.39, 0.29) is 18.9 Å². The summed E-state index contributed by atoms with van der Waals surface area (Å²) in [6.45, 7) is 2.88. The van der Waals surface area contributed by atoms with Crippen LogP contribution in [0.4, 0.5) is 0 Å². The normalized spacial score (nSPS) is 11.8. The zero-order valence-electron chi connectivity index (χ0n) is 23.3. The van der Waals surface area contributed by atoms with Crippen molar-refractivity contribution >= 4 is 52.0 Å². The van der Waals surface area contributed by atoms with Crippen LogP contribution >= 0.6 is 23.2 Å². The van der Waals surface area contributed by atoms with E-state index in [2.05, 4.69) is 15.8 Å². The molecule has 2 N–H and O–H groups in total. The maximum absolute atomic E-state index is 13.3. The van der Waals surface area contributed by atoms with E-state index in [0.717, 1.165) is 28.3 Å². The Morgan fingerprint density at radius 1 is 0.905 bits per heavy atom. The monoisotopic (exact) mass is 605 g/mol. The van der Waals surface area contributed by atoms with Crippen molar-refractivity contribution in [3.63, 3.8) is 0 Å². The molecule has 1 atom stereocenters. The van der Waals surface area contributed by atoms with Crippen LogP contribution in [0.3, 0.4) is 0 Å². The van der Waals surface area contributed by atoms with E-state index in [4.69, 9.17) is 32.7 Å². The van der Waals surface area contributed by atoms with E-state index in [0.29, 0.717) is 41.0 Å². The number of benzene rings is 4. The van der Waals surface area contributed by atoms with Crippen LogP contribution in [-0.4, -0.2) is 37.3 Å². The van der Waals surface area contributed by atoms with Crippen LogP contribution in [0.1, 0.15) is 37.3 Å². The molecule has 0 heterocycles. The van der Waals surface area contributed by atoms with Crippen molar-refractivity contribution in [1.82, 2.24) is 10.7 Å². The number of fused-ring (bicyclic) bond motifs is 1. The second-order valence-electron chi connectivity index (χ2n) is 9.62. The highest BCUT2D eigenvalue weighted by Crippen LogP contribution is 2.28. The summed E-state index contributed by atoms with van der Waals surface area (Å²) >= 11 is 12.1. The maximum atomic E-state index is 13.3. The minimum atomic E-state index is -0.827. The van der Waals surface area contributed by atoms with E-state index >= 15 is 0 Å².